The molecule has 3 amide bonds. The Morgan fingerprint density at radius 3 is 2.58 bits per heavy atom. The molecule has 1 aromatic rings. The van der Waals surface area contributed by atoms with E-state index < -0.39 is 5.41 Å². The second-order valence-corrected chi connectivity index (χ2v) is 9.27. The van der Waals surface area contributed by atoms with Gasteiger partial charge in [-0.15, -0.1) is 0 Å². The number of benzene rings is 1. The summed E-state index contributed by atoms with van der Waals surface area (Å²) in [6.07, 6.45) is 1.30. The molecule has 0 N–H and O–H groups in total. The highest BCUT2D eigenvalue weighted by molar-refractivity contribution is 6.32. The van der Waals surface area contributed by atoms with Crippen LogP contribution in [0.25, 0.3) is 0 Å². The lowest BCUT2D eigenvalue weighted by Crippen LogP contribution is -2.47. The van der Waals surface area contributed by atoms with Crippen LogP contribution in [0.1, 0.15) is 38.2 Å². The maximum absolute atomic E-state index is 13.6. The number of Topliss-reactive ketones (excluding diaryl/α,β-unsaturated/α-hetero) is 1. The van der Waals surface area contributed by atoms with Gasteiger partial charge in [-0.3, -0.25) is 24.1 Å². The van der Waals surface area contributed by atoms with Gasteiger partial charge in [-0.1, -0.05) is 29.8 Å². The van der Waals surface area contributed by atoms with Crippen molar-refractivity contribution < 1.29 is 19.2 Å². The summed E-state index contributed by atoms with van der Waals surface area (Å²) in [4.78, 5) is 56.4. The van der Waals surface area contributed by atoms with Gasteiger partial charge in [-0.05, 0) is 45.5 Å². The number of nitrogens with zero attached hydrogens (tertiary/aromatic N) is 3. The number of halogens is 1. The van der Waals surface area contributed by atoms with Crippen LogP contribution >= 0.6 is 11.6 Å². The van der Waals surface area contributed by atoms with E-state index in [1.807, 2.05) is 19.0 Å². The summed E-state index contributed by atoms with van der Waals surface area (Å²) in [5.41, 5.74) is -0.807. The van der Waals surface area contributed by atoms with Crippen LogP contribution in [0.5, 0.6) is 0 Å². The van der Waals surface area contributed by atoms with Crippen molar-refractivity contribution in [3.8, 4) is 0 Å². The lowest BCUT2D eigenvalue weighted by molar-refractivity contribution is -0.143. The highest BCUT2D eigenvalue weighted by atomic mass is 35.5. The standard InChI is InChI=1S/C23H30ClN3O4/c1-16(28)17-7-6-10-26(15-17)20(29)13-23(18-8-4-5-9-19(18)24)14-21(30)27(22(23)31)12-11-25(2)3/h4-5,8-9,17H,6-7,10-15H2,1-3H3/t17-,23-/m0/s1. The lowest BCUT2D eigenvalue weighted by atomic mass is 9.75. The Kier molecular flexibility index (Phi) is 7.17. The molecule has 0 bridgehead atoms. The predicted octanol–water partition coefficient (Wildman–Crippen LogP) is 2.12. The monoisotopic (exact) mass is 447 g/mol. The fourth-order valence-corrected chi connectivity index (χ4v) is 4.84. The van der Waals surface area contributed by atoms with Crippen LogP contribution in [-0.2, 0) is 24.6 Å². The van der Waals surface area contributed by atoms with Gasteiger partial charge in [0.1, 0.15) is 5.78 Å². The fourth-order valence-electron chi connectivity index (χ4n) is 4.53. The molecule has 2 fully saturated rings. The van der Waals surface area contributed by atoms with Crippen molar-refractivity contribution in [2.75, 3.05) is 40.3 Å². The number of ketones is 1. The average Bonchev–Trinajstić information content (AvgIpc) is 2.96. The van der Waals surface area contributed by atoms with E-state index in [-0.39, 0.29) is 48.8 Å². The van der Waals surface area contributed by atoms with Crippen LogP contribution in [0.3, 0.4) is 0 Å². The molecule has 31 heavy (non-hydrogen) atoms. The first kappa shape index (κ1) is 23.4. The third-order valence-electron chi connectivity index (χ3n) is 6.37. The Hall–Kier alpha value is -2.25. The fraction of sp³-hybridized carbons (Fsp3) is 0.565. The van der Waals surface area contributed by atoms with Crippen LogP contribution in [0.2, 0.25) is 5.02 Å². The van der Waals surface area contributed by atoms with Crippen LogP contribution in [0.15, 0.2) is 24.3 Å². The summed E-state index contributed by atoms with van der Waals surface area (Å²) in [6.45, 7) is 3.26. The van der Waals surface area contributed by atoms with E-state index in [0.29, 0.717) is 30.2 Å². The normalized spacial score (nSPS) is 24.2. The van der Waals surface area contributed by atoms with Gasteiger partial charge in [0.05, 0.1) is 5.41 Å². The van der Waals surface area contributed by atoms with E-state index in [0.717, 1.165) is 12.8 Å². The minimum Gasteiger partial charge on any atom is -0.342 e. The number of likely N-dealkylation sites (tertiary alicyclic amines) is 2. The first-order chi connectivity index (χ1) is 14.7. The number of likely N-dealkylation sites (N-methyl/N-ethyl adjacent to an activating group) is 1. The molecular formula is C23H30ClN3O4. The van der Waals surface area contributed by atoms with E-state index in [9.17, 15) is 19.2 Å². The molecule has 7 nitrogen and oxygen atoms in total. The molecule has 0 unspecified atom stereocenters. The third-order valence-corrected chi connectivity index (χ3v) is 6.70. The zero-order valence-electron chi connectivity index (χ0n) is 18.4. The predicted molar refractivity (Wildman–Crippen MR) is 118 cm³/mol. The molecule has 0 aliphatic carbocycles. The largest absolute Gasteiger partial charge is 0.342 e. The summed E-state index contributed by atoms with van der Waals surface area (Å²) < 4.78 is 0. The maximum Gasteiger partial charge on any atom is 0.240 e. The van der Waals surface area contributed by atoms with Crippen molar-refractivity contribution in [2.45, 2.75) is 38.0 Å². The van der Waals surface area contributed by atoms with Gasteiger partial charge in [0.15, 0.2) is 0 Å². The average molecular weight is 448 g/mol. The lowest BCUT2D eigenvalue weighted by Gasteiger charge is -2.35. The molecule has 2 saturated heterocycles. The van der Waals surface area contributed by atoms with Crippen molar-refractivity contribution in [1.82, 2.24) is 14.7 Å². The van der Waals surface area contributed by atoms with Crippen LogP contribution in [0, 0.1) is 5.92 Å². The molecule has 168 valence electrons. The zero-order valence-corrected chi connectivity index (χ0v) is 19.2. The van der Waals surface area contributed by atoms with E-state index in [4.69, 9.17) is 11.6 Å². The minimum atomic E-state index is -1.32. The molecule has 2 atom stereocenters. The van der Waals surface area contributed by atoms with E-state index in [2.05, 4.69) is 0 Å². The Morgan fingerprint density at radius 2 is 1.94 bits per heavy atom. The van der Waals surface area contributed by atoms with E-state index >= 15 is 0 Å². The Morgan fingerprint density at radius 1 is 1.23 bits per heavy atom. The molecule has 3 rings (SSSR count). The van der Waals surface area contributed by atoms with Crippen molar-refractivity contribution in [2.24, 2.45) is 5.92 Å². The molecule has 0 aromatic heterocycles. The van der Waals surface area contributed by atoms with E-state index in [1.165, 1.54) is 4.90 Å². The van der Waals surface area contributed by atoms with Gasteiger partial charge in [-0.2, -0.15) is 0 Å². The maximum atomic E-state index is 13.6. The Bertz CT molecular complexity index is 887. The summed E-state index contributed by atoms with van der Waals surface area (Å²) >= 11 is 6.46. The highest BCUT2D eigenvalue weighted by Crippen LogP contribution is 2.43. The molecular weight excluding hydrogens is 418 g/mol. The van der Waals surface area contributed by atoms with Gasteiger partial charge in [0.25, 0.3) is 0 Å². The van der Waals surface area contributed by atoms with Gasteiger partial charge in [0, 0.05) is 50.0 Å². The summed E-state index contributed by atoms with van der Waals surface area (Å²) in [5.74, 6) is -0.992. The van der Waals surface area contributed by atoms with Gasteiger partial charge >= 0.3 is 0 Å². The van der Waals surface area contributed by atoms with Gasteiger partial charge in [0.2, 0.25) is 17.7 Å². The van der Waals surface area contributed by atoms with Crippen LogP contribution in [-0.4, -0.2) is 78.5 Å². The molecule has 2 aliphatic rings. The second-order valence-electron chi connectivity index (χ2n) is 8.86. The van der Waals surface area contributed by atoms with Crippen molar-refractivity contribution in [1.29, 1.82) is 0 Å². The SMILES string of the molecule is CC(=O)[C@H]1CCCN(C(=O)C[C@@]2(c3ccccc3Cl)CC(=O)N(CCN(C)C)C2=O)C1. The number of piperidine rings is 1. The number of rotatable bonds is 7. The number of amides is 3. The molecule has 2 heterocycles. The minimum absolute atomic E-state index is 0.0697. The summed E-state index contributed by atoms with van der Waals surface area (Å²) in [7, 11) is 3.75. The van der Waals surface area contributed by atoms with Crippen LogP contribution < -0.4 is 0 Å². The Balaban J connectivity index is 1.92. The van der Waals surface area contributed by atoms with Gasteiger partial charge in [-0.25, -0.2) is 0 Å². The second kappa shape index (κ2) is 9.49. The number of hydrogen-bond donors (Lipinski definition) is 0. The number of carbonyl (C=O) groups is 4. The number of hydrogen-bond acceptors (Lipinski definition) is 5. The first-order valence-electron chi connectivity index (χ1n) is 10.7. The van der Waals surface area contributed by atoms with Gasteiger partial charge < -0.3 is 9.80 Å². The Labute approximate surface area is 188 Å². The zero-order chi connectivity index (χ0) is 22.8. The molecule has 2 aliphatic heterocycles. The van der Waals surface area contributed by atoms with Crippen molar-refractivity contribution in [3.63, 3.8) is 0 Å². The third kappa shape index (κ3) is 4.83. The number of imide groups is 1. The molecule has 1 aromatic carbocycles. The summed E-state index contributed by atoms with van der Waals surface area (Å²) in [5, 5.41) is 0.367. The molecule has 0 saturated carbocycles. The molecule has 0 spiro atoms. The summed E-state index contributed by atoms with van der Waals surface area (Å²) in [6, 6.07) is 6.93. The first-order valence-corrected chi connectivity index (χ1v) is 11.1. The van der Waals surface area contributed by atoms with E-state index in [1.54, 1.807) is 36.1 Å². The van der Waals surface area contributed by atoms with Crippen molar-refractivity contribution >= 4 is 35.1 Å². The van der Waals surface area contributed by atoms with Crippen molar-refractivity contribution in [3.05, 3.63) is 34.9 Å². The topological polar surface area (TPSA) is 78.0 Å². The smallest absolute Gasteiger partial charge is 0.240 e. The highest BCUT2D eigenvalue weighted by Gasteiger charge is 2.54. The van der Waals surface area contributed by atoms with Crippen LogP contribution in [0.4, 0.5) is 0 Å². The quantitative estimate of drug-likeness (QED) is 0.598. The number of carbonyl (C=O) groups excluding carboxylic acids is 4. The molecule has 8 heteroatoms. The molecule has 0 radical (unpaired) electrons.